The van der Waals surface area contributed by atoms with Gasteiger partial charge in [0.25, 0.3) is 5.91 Å². The number of rotatable bonds is 1. The van der Waals surface area contributed by atoms with Crippen LogP contribution in [0.3, 0.4) is 0 Å². The van der Waals surface area contributed by atoms with E-state index < -0.39 is 0 Å². The summed E-state index contributed by atoms with van der Waals surface area (Å²) in [5.41, 5.74) is 7.89. The van der Waals surface area contributed by atoms with Crippen molar-refractivity contribution < 1.29 is 4.79 Å². The maximum Gasteiger partial charge on any atom is 0.272 e. The van der Waals surface area contributed by atoms with Gasteiger partial charge >= 0.3 is 0 Å². The van der Waals surface area contributed by atoms with Crippen molar-refractivity contribution in [2.45, 2.75) is 25.1 Å². The van der Waals surface area contributed by atoms with Crippen LogP contribution in [-0.4, -0.2) is 39.4 Å². The van der Waals surface area contributed by atoms with E-state index in [-0.39, 0.29) is 11.9 Å². The van der Waals surface area contributed by atoms with Crippen molar-refractivity contribution in [2.75, 3.05) is 18.0 Å². The molecule has 1 saturated heterocycles. The van der Waals surface area contributed by atoms with Crippen LogP contribution in [-0.2, 0) is 0 Å². The molecular formula is C16H19N3OS. The summed E-state index contributed by atoms with van der Waals surface area (Å²) in [6.45, 7) is 5.03. The Morgan fingerprint density at radius 3 is 2.95 bits per heavy atom. The standard InChI is InChI=1S/C16H19N3OS/c1-10-11(2)21-8-7-19(10)16(20)15-9-13(17)12-5-3-4-6-14(12)18-15/h3-6,9-11H,7-8H2,1-2H3,(H2,17,18). The first-order chi connectivity index (χ1) is 10.1. The van der Waals surface area contributed by atoms with Crippen LogP contribution in [0.15, 0.2) is 30.3 Å². The molecule has 2 atom stereocenters. The predicted molar refractivity (Wildman–Crippen MR) is 88.6 cm³/mol. The van der Waals surface area contributed by atoms with E-state index >= 15 is 0 Å². The number of amides is 1. The van der Waals surface area contributed by atoms with Gasteiger partial charge in [-0.25, -0.2) is 4.98 Å². The molecule has 4 nitrogen and oxygen atoms in total. The highest BCUT2D eigenvalue weighted by molar-refractivity contribution is 8.00. The normalized spacial score (nSPS) is 22.5. The fraction of sp³-hybridized carbons (Fsp3) is 0.375. The van der Waals surface area contributed by atoms with Crippen molar-refractivity contribution >= 4 is 34.3 Å². The molecule has 2 unspecified atom stereocenters. The van der Waals surface area contributed by atoms with E-state index in [1.54, 1.807) is 6.07 Å². The Kier molecular flexibility index (Phi) is 3.76. The molecular weight excluding hydrogens is 282 g/mol. The Balaban J connectivity index is 1.98. The largest absolute Gasteiger partial charge is 0.398 e. The van der Waals surface area contributed by atoms with Gasteiger partial charge in [0.2, 0.25) is 0 Å². The van der Waals surface area contributed by atoms with Crippen LogP contribution >= 0.6 is 11.8 Å². The van der Waals surface area contributed by atoms with Crippen LogP contribution in [0, 0.1) is 0 Å². The lowest BCUT2D eigenvalue weighted by Crippen LogP contribution is -2.48. The Bertz CT molecular complexity index is 688. The first kappa shape index (κ1) is 14.2. The highest BCUT2D eigenvalue weighted by Gasteiger charge is 2.30. The zero-order valence-electron chi connectivity index (χ0n) is 12.2. The molecule has 0 radical (unpaired) electrons. The molecule has 1 fully saturated rings. The van der Waals surface area contributed by atoms with E-state index in [1.165, 1.54) is 0 Å². The molecule has 21 heavy (non-hydrogen) atoms. The molecule has 3 rings (SSSR count). The Hall–Kier alpha value is -1.75. The van der Waals surface area contributed by atoms with Gasteiger partial charge in [-0.3, -0.25) is 4.79 Å². The van der Waals surface area contributed by atoms with E-state index in [9.17, 15) is 4.79 Å². The number of para-hydroxylation sites is 1. The van der Waals surface area contributed by atoms with Crippen LogP contribution in [0.5, 0.6) is 0 Å². The van der Waals surface area contributed by atoms with Gasteiger partial charge in [-0.15, -0.1) is 0 Å². The Labute approximate surface area is 128 Å². The van der Waals surface area contributed by atoms with E-state index in [4.69, 9.17) is 5.73 Å². The van der Waals surface area contributed by atoms with Crippen molar-refractivity contribution in [3.63, 3.8) is 0 Å². The van der Waals surface area contributed by atoms with Crippen molar-refractivity contribution in [3.05, 3.63) is 36.0 Å². The van der Waals surface area contributed by atoms with E-state index in [1.807, 2.05) is 40.9 Å². The first-order valence-electron chi connectivity index (χ1n) is 7.16. The maximum atomic E-state index is 12.8. The molecule has 1 aromatic carbocycles. The molecule has 0 saturated carbocycles. The summed E-state index contributed by atoms with van der Waals surface area (Å²) in [5.74, 6) is 0.951. The summed E-state index contributed by atoms with van der Waals surface area (Å²) in [7, 11) is 0. The lowest BCUT2D eigenvalue weighted by atomic mass is 10.1. The molecule has 0 spiro atoms. The minimum atomic E-state index is -0.0212. The predicted octanol–water partition coefficient (Wildman–Crippen LogP) is 2.78. The zero-order valence-corrected chi connectivity index (χ0v) is 13.1. The molecule has 0 aliphatic carbocycles. The average molecular weight is 301 g/mol. The molecule has 1 amide bonds. The third-order valence-corrected chi connectivity index (χ3v) is 5.45. The summed E-state index contributed by atoms with van der Waals surface area (Å²) in [6.07, 6.45) is 0. The van der Waals surface area contributed by atoms with Gasteiger partial charge < -0.3 is 10.6 Å². The fourth-order valence-corrected chi connectivity index (χ4v) is 3.78. The summed E-state index contributed by atoms with van der Waals surface area (Å²) in [6, 6.07) is 9.56. The monoisotopic (exact) mass is 301 g/mol. The van der Waals surface area contributed by atoms with Crippen LogP contribution in [0.25, 0.3) is 10.9 Å². The number of aromatic nitrogens is 1. The van der Waals surface area contributed by atoms with Gasteiger partial charge in [0, 0.05) is 34.7 Å². The second kappa shape index (κ2) is 5.56. The summed E-state index contributed by atoms with van der Waals surface area (Å²) >= 11 is 1.91. The number of benzene rings is 1. The SMILES string of the molecule is CC1SCCN(C(=O)c2cc(N)c3ccccc3n2)C1C. The fourth-order valence-electron chi connectivity index (χ4n) is 2.68. The molecule has 110 valence electrons. The molecule has 2 heterocycles. The highest BCUT2D eigenvalue weighted by atomic mass is 32.2. The van der Waals surface area contributed by atoms with E-state index in [0.717, 1.165) is 23.2 Å². The number of thioether (sulfide) groups is 1. The van der Waals surface area contributed by atoms with Crippen molar-refractivity contribution in [3.8, 4) is 0 Å². The summed E-state index contributed by atoms with van der Waals surface area (Å²) in [5, 5.41) is 1.34. The van der Waals surface area contributed by atoms with Gasteiger partial charge in [-0.2, -0.15) is 11.8 Å². The molecule has 1 aliphatic rings. The summed E-state index contributed by atoms with van der Waals surface area (Å²) < 4.78 is 0. The highest BCUT2D eigenvalue weighted by Crippen LogP contribution is 2.27. The van der Waals surface area contributed by atoms with Crippen LogP contribution in [0.4, 0.5) is 5.69 Å². The van der Waals surface area contributed by atoms with Crippen molar-refractivity contribution in [1.82, 2.24) is 9.88 Å². The first-order valence-corrected chi connectivity index (χ1v) is 8.20. The van der Waals surface area contributed by atoms with Crippen LogP contribution < -0.4 is 5.73 Å². The van der Waals surface area contributed by atoms with Gasteiger partial charge in [0.05, 0.1) is 5.52 Å². The smallest absolute Gasteiger partial charge is 0.272 e. The van der Waals surface area contributed by atoms with Gasteiger partial charge in [-0.05, 0) is 19.1 Å². The lowest BCUT2D eigenvalue weighted by molar-refractivity contribution is 0.0692. The molecule has 1 aromatic heterocycles. The third-order valence-electron chi connectivity index (χ3n) is 4.11. The molecule has 2 N–H and O–H groups in total. The topological polar surface area (TPSA) is 59.2 Å². The maximum absolute atomic E-state index is 12.8. The number of nitrogen functional groups attached to an aromatic ring is 1. The molecule has 1 aliphatic heterocycles. The van der Waals surface area contributed by atoms with Crippen molar-refractivity contribution in [2.24, 2.45) is 0 Å². The van der Waals surface area contributed by atoms with Crippen molar-refractivity contribution in [1.29, 1.82) is 0 Å². The number of anilines is 1. The Morgan fingerprint density at radius 2 is 2.14 bits per heavy atom. The molecule has 2 aromatic rings. The quantitative estimate of drug-likeness (QED) is 0.880. The number of carbonyl (C=O) groups excluding carboxylic acids is 1. The minimum absolute atomic E-state index is 0.0212. The van der Waals surface area contributed by atoms with Crippen LogP contribution in [0.2, 0.25) is 0 Å². The molecule has 0 bridgehead atoms. The summed E-state index contributed by atoms with van der Waals surface area (Å²) in [4.78, 5) is 19.2. The number of hydrogen-bond acceptors (Lipinski definition) is 4. The number of nitrogens with two attached hydrogens (primary N) is 1. The molecule has 5 heteroatoms. The number of hydrogen-bond donors (Lipinski definition) is 1. The second-order valence-electron chi connectivity index (χ2n) is 5.43. The number of carbonyl (C=O) groups is 1. The Morgan fingerprint density at radius 1 is 1.38 bits per heavy atom. The zero-order chi connectivity index (χ0) is 15.0. The van der Waals surface area contributed by atoms with Gasteiger partial charge in [-0.1, -0.05) is 25.1 Å². The van der Waals surface area contributed by atoms with Gasteiger partial charge in [0.15, 0.2) is 0 Å². The van der Waals surface area contributed by atoms with Gasteiger partial charge in [0.1, 0.15) is 5.69 Å². The average Bonchev–Trinajstić information content (AvgIpc) is 2.49. The minimum Gasteiger partial charge on any atom is -0.398 e. The van der Waals surface area contributed by atoms with E-state index in [2.05, 4.69) is 18.8 Å². The second-order valence-corrected chi connectivity index (χ2v) is 6.91. The number of fused-ring (bicyclic) bond motifs is 1. The van der Waals surface area contributed by atoms with E-state index in [0.29, 0.717) is 16.6 Å². The lowest BCUT2D eigenvalue weighted by Gasteiger charge is -2.37. The third kappa shape index (κ3) is 2.58. The van der Waals surface area contributed by atoms with Crippen LogP contribution in [0.1, 0.15) is 24.3 Å². The number of pyridine rings is 1. The number of nitrogens with zero attached hydrogens (tertiary/aromatic N) is 2.